The maximum absolute atomic E-state index is 12.4. The number of benzene rings is 2. The zero-order valence-electron chi connectivity index (χ0n) is 14.6. The molecule has 0 saturated carbocycles. The van der Waals surface area contributed by atoms with Crippen LogP contribution in [-0.4, -0.2) is 25.5 Å². The molecular formula is C21H16O5S. The van der Waals surface area contributed by atoms with Crippen LogP contribution in [0.1, 0.15) is 25.6 Å². The standard InChI is InChI=1S/C21H16O5S/c1-24-15-8-6-13(7-9-15)17(22)12-26-21(23)19-10-14-11-25-18-5-3-2-4-16(18)20(14)27-19/h2-10H,11-12H2,1H3. The Morgan fingerprint density at radius 3 is 2.67 bits per heavy atom. The van der Waals surface area contributed by atoms with Crippen molar-refractivity contribution in [1.29, 1.82) is 0 Å². The van der Waals surface area contributed by atoms with Gasteiger partial charge in [-0.1, -0.05) is 12.1 Å². The summed E-state index contributed by atoms with van der Waals surface area (Å²) in [6, 6.07) is 16.2. The molecule has 5 nitrogen and oxygen atoms in total. The van der Waals surface area contributed by atoms with Crippen LogP contribution in [-0.2, 0) is 11.3 Å². The van der Waals surface area contributed by atoms with E-state index in [1.807, 2.05) is 24.3 Å². The van der Waals surface area contributed by atoms with Crippen LogP contribution >= 0.6 is 11.3 Å². The van der Waals surface area contributed by atoms with E-state index in [4.69, 9.17) is 14.2 Å². The van der Waals surface area contributed by atoms with Gasteiger partial charge < -0.3 is 14.2 Å². The molecule has 27 heavy (non-hydrogen) atoms. The zero-order chi connectivity index (χ0) is 18.8. The van der Waals surface area contributed by atoms with Gasteiger partial charge in [0.1, 0.15) is 23.0 Å². The number of carbonyl (C=O) groups excluding carboxylic acids is 2. The van der Waals surface area contributed by atoms with Gasteiger partial charge in [0.25, 0.3) is 0 Å². The third kappa shape index (κ3) is 3.44. The number of fused-ring (bicyclic) bond motifs is 3. The summed E-state index contributed by atoms with van der Waals surface area (Å²) in [6.45, 7) is 0.113. The monoisotopic (exact) mass is 380 g/mol. The highest BCUT2D eigenvalue weighted by Crippen LogP contribution is 2.42. The van der Waals surface area contributed by atoms with E-state index >= 15 is 0 Å². The fourth-order valence-corrected chi connectivity index (χ4v) is 3.95. The van der Waals surface area contributed by atoms with E-state index in [0.717, 1.165) is 21.8 Å². The number of Topliss-reactive ketones (excluding diaryl/α,β-unsaturated/α-hetero) is 1. The summed E-state index contributed by atoms with van der Waals surface area (Å²) in [4.78, 5) is 26.1. The van der Waals surface area contributed by atoms with Crippen molar-refractivity contribution in [3.8, 4) is 21.9 Å². The van der Waals surface area contributed by atoms with Gasteiger partial charge in [-0.2, -0.15) is 0 Å². The fourth-order valence-electron chi connectivity index (χ4n) is 2.86. The van der Waals surface area contributed by atoms with Gasteiger partial charge in [-0.25, -0.2) is 4.79 Å². The third-order valence-electron chi connectivity index (χ3n) is 4.27. The van der Waals surface area contributed by atoms with E-state index in [1.165, 1.54) is 11.3 Å². The van der Waals surface area contributed by atoms with Crippen LogP contribution in [0.4, 0.5) is 0 Å². The number of methoxy groups -OCH3 is 1. The number of para-hydroxylation sites is 1. The molecule has 3 aromatic rings. The molecule has 2 heterocycles. The normalized spacial score (nSPS) is 11.7. The summed E-state index contributed by atoms with van der Waals surface area (Å²) < 4.78 is 16.0. The highest BCUT2D eigenvalue weighted by Gasteiger charge is 2.23. The summed E-state index contributed by atoms with van der Waals surface area (Å²) in [7, 11) is 1.56. The number of hydrogen-bond acceptors (Lipinski definition) is 6. The number of thiophene rings is 1. The van der Waals surface area contributed by atoms with E-state index in [9.17, 15) is 9.59 Å². The Morgan fingerprint density at radius 2 is 1.89 bits per heavy atom. The number of esters is 1. The van der Waals surface area contributed by atoms with Gasteiger partial charge in [0.2, 0.25) is 0 Å². The minimum atomic E-state index is -0.506. The Kier molecular flexibility index (Phi) is 4.64. The highest BCUT2D eigenvalue weighted by atomic mass is 32.1. The van der Waals surface area contributed by atoms with E-state index in [1.54, 1.807) is 37.4 Å². The predicted octanol–water partition coefficient (Wildman–Crippen LogP) is 4.36. The SMILES string of the molecule is COc1ccc(C(=O)COC(=O)c2cc3c(s2)-c2ccccc2OC3)cc1. The molecule has 0 atom stereocenters. The van der Waals surface area contributed by atoms with Crippen molar-refractivity contribution in [1.82, 2.24) is 0 Å². The van der Waals surface area contributed by atoms with Crippen LogP contribution in [0, 0.1) is 0 Å². The molecule has 1 aliphatic rings. The second kappa shape index (κ2) is 7.25. The lowest BCUT2D eigenvalue weighted by molar-refractivity contribution is 0.0479. The van der Waals surface area contributed by atoms with Crippen molar-refractivity contribution in [3.63, 3.8) is 0 Å². The van der Waals surface area contributed by atoms with Crippen LogP contribution in [0.25, 0.3) is 10.4 Å². The smallest absolute Gasteiger partial charge is 0.348 e. The minimum absolute atomic E-state index is 0.263. The van der Waals surface area contributed by atoms with Gasteiger partial charge in [0, 0.05) is 21.6 Å². The van der Waals surface area contributed by atoms with Crippen molar-refractivity contribution in [3.05, 3.63) is 70.6 Å². The van der Waals surface area contributed by atoms with Crippen LogP contribution < -0.4 is 9.47 Å². The first-order valence-corrected chi connectivity index (χ1v) is 9.16. The second-order valence-electron chi connectivity index (χ2n) is 5.98. The van der Waals surface area contributed by atoms with Gasteiger partial charge in [-0.05, 0) is 42.5 Å². The molecule has 0 amide bonds. The highest BCUT2D eigenvalue weighted by molar-refractivity contribution is 7.17. The largest absolute Gasteiger partial charge is 0.497 e. The lowest BCUT2D eigenvalue weighted by Crippen LogP contribution is -2.13. The third-order valence-corrected chi connectivity index (χ3v) is 5.46. The van der Waals surface area contributed by atoms with Gasteiger partial charge in [-0.15, -0.1) is 11.3 Å². The van der Waals surface area contributed by atoms with E-state index in [2.05, 4.69) is 0 Å². The molecule has 136 valence electrons. The van der Waals surface area contributed by atoms with Crippen molar-refractivity contribution in [2.45, 2.75) is 6.61 Å². The molecule has 6 heteroatoms. The van der Waals surface area contributed by atoms with Crippen molar-refractivity contribution in [2.24, 2.45) is 0 Å². The molecule has 2 aromatic carbocycles. The average molecular weight is 380 g/mol. The lowest BCUT2D eigenvalue weighted by Gasteiger charge is -2.16. The summed E-state index contributed by atoms with van der Waals surface area (Å²) in [5, 5.41) is 0. The van der Waals surface area contributed by atoms with Gasteiger partial charge in [0.15, 0.2) is 12.4 Å². The molecule has 1 aromatic heterocycles. The zero-order valence-corrected chi connectivity index (χ0v) is 15.4. The van der Waals surface area contributed by atoms with Crippen molar-refractivity contribution < 1.29 is 23.8 Å². The van der Waals surface area contributed by atoms with Gasteiger partial charge >= 0.3 is 5.97 Å². The van der Waals surface area contributed by atoms with E-state index in [0.29, 0.717) is 22.8 Å². The number of carbonyl (C=O) groups is 2. The predicted molar refractivity (Wildman–Crippen MR) is 102 cm³/mol. The summed E-state index contributed by atoms with van der Waals surface area (Å²) in [5.41, 5.74) is 2.39. The Labute approximate surface area is 160 Å². The van der Waals surface area contributed by atoms with E-state index < -0.39 is 5.97 Å². The molecule has 0 fully saturated rings. The van der Waals surface area contributed by atoms with Crippen LogP contribution in [0.15, 0.2) is 54.6 Å². The lowest BCUT2D eigenvalue weighted by atomic mass is 10.1. The molecular weight excluding hydrogens is 364 g/mol. The minimum Gasteiger partial charge on any atom is -0.497 e. The molecule has 1 aliphatic heterocycles. The maximum atomic E-state index is 12.4. The van der Waals surface area contributed by atoms with Crippen LogP contribution in [0.2, 0.25) is 0 Å². The molecule has 4 rings (SSSR count). The molecule has 0 spiro atoms. The van der Waals surface area contributed by atoms with Crippen molar-refractivity contribution >= 4 is 23.1 Å². The number of hydrogen-bond donors (Lipinski definition) is 0. The van der Waals surface area contributed by atoms with Gasteiger partial charge in [0.05, 0.1) is 7.11 Å². The summed E-state index contributed by atoms with van der Waals surface area (Å²) >= 11 is 1.36. The Hall–Kier alpha value is -3.12. The molecule has 0 bridgehead atoms. The molecule has 0 aliphatic carbocycles. The van der Waals surface area contributed by atoms with Gasteiger partial charge in [-0.3, -0.25) is 4.79 Å². The first-order chi connectivity index (χ1) is 13.2. The Bertz CT molecular complexity index is 1000. The van der Waals surface area contributed by atoms with E-state index in [-0.39, 0.29) is 12.4 Å². The Morgan fingerprint density at radius 1 is 1.11 bits per heavy atom. The first-order valence-electron chi connectivity index (χ1n) is 8.35. The quantitative estimate of drug-likeness (QED) is 0.486. The topological polar surface area (TPSA) is 61.8 Å². The molecule has 0 N–H and O–H groups in total. The number of ketones is 1. The van der Waals surface area contributed by atoms with Crippen LogP contribution in [0.5, 0.6) is 11.5 Å². The summed E-state index contributed by atoms with van der Waals surface area (Å²) in [5.74, 6) is 0.700. The maximum Gasteiger partial charge on any atom is 0.348 e. The Balaban J connectivity index is 1.45. The molecule has 0 saturated heterocycles. The number of rotatable bonds is 5. The van der Waals surface area contributed by atoms with Crippen molar-refractivity contribution in [2.75, 3.05) is 13.7 Å². The number of ether oxygens (including phenoxy) is 3. The first kappa shape index (κ1) is 17.3. The molecule has 0 unspecified atom stereocenters. The summed E-state index contributed by atoms with van der Waals surface area (Å²) in [6.07, 6.45) is 0. The second-order valence-corrected chi connectivity index (χ2v) is 7.03. The van der Waals surface area contributed by atoms with Crippen LogP contribution in [0.3, 0.4) is 0 Å². The average Bonchev–Trinajstić information content (AvgIpc) is 3.17. The molecule has 0 radical (unpaired) electrons. The fraction of sp³-hybridized carbons (Fsp3) is 0.143.